The van der Waals surface area contributed by atoms with Gasteiger partial charge < -0.3 is 9.73 Å². The van der Waals surface area contributed by atoms with E-state index >= 15 is 0 Å². The fourth-order valence-corrected chi connectivity index (χ4v) is 2.07. The van der Waals surface area contributed by atoms with E-state index in [4.69, 9.17) is 4.42 Å². The first kappa shape index (κ1) is 14.2. The summed E-state index contributed by atoms with van der Waals surface area (Å²) in [4.78, 5) is 0. The quantitative estimate of drug-likeness (QED) is 0.694. The van der Waals surface area contributed by atoms with Gasteiger partial charge in [0.25, 0.3) is 10.0 Å². The molecule has 0 aromatic carbocycles. The number of sulfonamides is 1. The third kappa shape index (κ3) is 4.49. The summed E-state index contributed by atoms with van der Waals surface area (Å²) in [5, 5.41) is 3.17. The molecule has 1 aromatic rings. The van der Waals surface area contributed by atoms with Gasteiger partial charge in [-0.2, -0.15) is 0 Å². The minimum Gasteiger partial charge on any atom is -0.447 e. The van der Waals surface area contributed by atoms with Gasteiger partial charge in [0, 0.05) is 0 Å². The predicted octanol–water partition coefficient (Wildman–Crippen LogP) is 1.47. The van der Waals surface area contributed by atoms with Crippen LogP contribution in [0.1, 0.15) is 31.9 Å². The van der Waals surface area contributed by atoms with Crippen LogP contribution in [-0.4, -0.2) is 22.0 Å². The second-order valence-electron chi connectivity index (χ2n) is 3.81. The van der Waals surface area contributed by atoms with E-state index in [-0.39, 0.29) is 5.09 Å². The smallest absolute Gasteiger partial charge is 0.273 e. The highest BCUT2D eigenvalue weighted by molar-refractivity contribution is 7.89. The second-order valence-corrected chi connectivity index (χ2v) is 5.63. The zero-order valence-corrected chi connectivity index (χ0v) is 11.1. The van der Waals surface area contributed by atoms with Crippen molar-refractivity contribution in [3.8, 4) is 0 Å². The largest absolute Gasteiger partial charge is 0.447 e. The Morgan fingerprint density at radius 2 is 2.06 bits per heavy atom. The van der Waals surface area contributed by atoms with Crippen LogP contribution in [0.25, 0.3) is 0 Å². The Labute approximate surface area is 103 Å². The standard InChI is InChI=1S/C11H20N2O3S/c1-3-4-5-8-13-9-10-6-7-11(16-10)17(14,15)12-2/h6-7,12-13H,3-5,8-9H2,1-2H3. The number of hydrogen-bond donors (Lipinski definition) is 2. The topological polar surface area (TPSA) is 71.3 Å². The number of nitrogens with one attached hydrogen (secondary N) is 2. The molecule has 1 aromatic heterocycles. The highest BCUT2D eigenvalue weighted by Gasteiger charge is 2.15. The Morgan fingerprint density at radius 1 is 1.29 bits per heavy atom. The van der Waals surface area contributed by atoms with Crippen LogP contribution in [0.3, 0.4) is 0 Å². The molecule has 0 aliphatic heterocycles. The van der Waals surface area contributed by atoms with Crippen LogP contribution < -0.4 is 10.0 Å². The van der Waals surface area contributed by atoms with Crippen molar-refractivity contribution in [3.05, 3.63) is 17.9 Å². The van der Waals surface area contributed by atoms with E-state index in [0.29, 0.717) is 12.3 Å². The van der Waals surface area contributed by atoms with Crippen molar-refractivity contribution in [2.24, 2.45) is 0 Å². The van der Waals surface area contributed by atoms with Gasteiger partial charge in [-0.1, -0.05) is 19.8 Å². The molecule has 0 aliphatic carbocycles. The Bertz CT molecular complexity index is 426. The molecule has 1 rings (SSSR count). The van der Waals surface area contributed by atoms with Crippen LogP contribution in [0.5, 0.6) is 0 Å². The highest BCUT2D eigenvalue weighted by atomic mass is 32.2. The minimum atomic E-state index is -3.46. The lowest BCUT2D eigenvalue weighted by molar-refractivity contribution is 0.399. The molecule has 6 heteroatoms. The average molecular weight is 260 g/mol. The fraction of sp³-hybridized carbons (Fsp3) is 0.636. The van der Waals surface area contributed by atoms with Crippen LogP contribution >= 0.6 is 0 Å². The molecule has 0 saturated heterocycles. The lowest BCUT2D eigenvalue weighted by Crippen LogP contribution is -2.18. The van der Waals surface area contributed by atoms with Gasteiger partial charge in [-0.15, -0.1) is 0 Å². The first-order chi connectivity index (χ1) is 8.10. The van der Waals surface area contributed by atoms with Crippen molar-refractivity contribution in [3.63, 3.8) is 0 Å². The lowest BCUT2D eigenvalue weighted by atomic mass is 10.2. The highest BCUT2D eigenvalue weighted by Crippen LogP contribution is 2.13. The molecule has 0 radical (unpaired) electrons. The second kappa shape index (κ2) is 6.78. The summed E-state index contributed by atoms with van der Waals surface area (Å²) in [5.41, 5.74) is 0. The van der Waals surface area contributed by atoms with E-state index in [1.165, 1.54) is 26.0 Å². The molecule has 0 saturated carbocycles. The van der Waals surface area contributed by atoms with Gasteiger partial charge in [-0.3, -0.25) is 0 Å². The summed E-state index contributed by atoms with van der Waals surface area (Å²) in [6.07, 6.45) is 3.51. The molecule has 0 aliphatic rings. The molecule has 0 bridgehead atoms. The van der Waals surface area contributed by atoms with Gasteiger partial charge in [-0.05, 0) is 32.1 Å². The molecular formula is C11H20N2O3S. The van der Waals surface area contributed by atoms with Crippen LogP contribution in [0, 0.1) is 0 Å². The zero-order valence-electron chi connectivity index (χ0n) is 10.3. The Kier molecular flexibility index (Phi) is 5.67. The minimum absolute atomic E-state index is 0.0367. The molecular weight excluding hydrogens is 240 g/mol. The summed E-state index contributed by atoms with van der Waals surface area (Å²) in [6.45, 7) is 3.63. The van der Waals surface area contributed by atoms with Gasteiger partial charge in [0.1, 0.15) is 5.76 Å². The molecule has 0 unspecified atom stereocenters. The molecule has 1 heterocycles. The normalized spacial score (nSPS) is 11.9. The Hall–Kier alpha value is -0.850. The van der Waals surface area contributed by atoms with Gasteiger partial charge in [0.15, 0.2) is 0 Å². The maximum atomic E-state index is 11.4. The summed E-state index contributed by atoms with van der Waals surface area (Å²) in [5.74, 6) is 0.635. The number of hydrogen-bond acceptors (Lipinski definition) is 4. The zero-order chi connectivity index (χ0) is 12.7. The van der Waals surface area contributed by atoms with Crippen molar-refractivity contribution in [1.82, 2.24) is 10.0 Å². The van der Waals surface area contributed by atoms with Gasteiger partial charge >= 0.3 is 0 Å². The van der Waals surface area contributed by atoms with Gasteiger partial charge in [-0.25, -0.2) is 13.1 Å². The Balaban J connectivity index is 2.41. The van der Waals surface area contributed by atoms with E-state index in [0.717, 1.165) is 13.0 Å². The molecule has 17 heavy (non-hydrogen) atoms. The van der Waals surface area contributed by atoms with Crippen LogP contribution in [0.15, 0.2) is 21.6 Å². The van der Waals surface area contributed by atoms with E-state index in [9.17, 15) is 8.42 Å². The van der Waals surface area contributed by atoms with E-state index in [2.05, 4.69) is 17.0 Å². The SMILES string of the molecule is CCCCCNCc1ccc(S(=O)(=O)NC)o1. The van der Waals surface area contributed by atoms with Crippen LogP contribution in [0.2, 0.25) is 0 Å². The lowest BCUT2D eigenvalue weighted by Gasteiger charge is -2.01. The van der Waals surface area contributed by atoms with E-state index in [1.54, 1.807) is 6.07 Å². The average Bonchev–Trinajstić information content (AvgIpc) is 2.78. The molecule has 0 fully saturated rings. The monoisotopic (exact) mass is 260 g/mol. The number of furan rings is 1. The predicted molar refractivity (Wildman–Crippen MR) is 66.2 cm³/mol. The molecule has 98 valence electrons. The first-order valence-corrected chi connectivity index (χ1v) is 7.31. The molecule has 0 atom stereocenters. The van der Waals surface area contributed by atoms with Crippen molar-refractivity contribution in [1.29, 1.82) is 0 Å². The summed E-state index contributed by atoms with van der Waals surface area (Å²) < 4.78 is 30.3. The number of unbranched alkanes of at least 4 members (excludes halogenated alkanes) is 2. The first-order valence-electron chi connectivity index (χ1n) is 5.83. The third-order valence-corrected chi connectivity index (χ3v) is 3.71. The van der Waals surface area contributed by atoms with E-state index < -0.39 is 10.0 Å². The van der Waals surface area contributed by atoms with Crippen LogP contribution in [-0.2, 0) is 16.6 Å². The van der Waals surface area contributed by atoms with Crippen molar-refractivity contribution < 1.29 is 12.8 Å². The van der Waals surface area contributed by atoms with Gasteiger partial charge in [0.2, 0.25) is 5.09 Å². The molecule has 2 N–H and O–H groups in total. The maximum absolute atomic E-state index is 11.4. The molecule has 0 spiro atoms. The Morgan fingerprint density at radius 3 is 2.71 bits per heavy atom. The maximum Gasteiger partial charge on any atom is 0.273 e. The van der Waals surface area contributed by atoms with E-state index in [1.807, 2.05) is 0 Å². The molecule has 0 amide bonds. The molecule has 5 nitrogen and oxygen atoms in total. The van der Waals surface area contributed by atoms with Crippen molar-refractivity contribution >= 4 is 10.0 Å². The summed E-state index contributed by atoms with van der Waals surface area (Å²) in [6, 6.07) is 3.14. The summed E-state index contributed by atoms with van der Waals surface area (Å²) >= 11 is 0. The van der Waals surface area contributed by atoms with Crippen molar-refractivity contribution in [2.75, 3.05) is 13.6 Å². The number of rotatable bonds is 8. The fourth-order valence-electron chi connectivity index (χ4n) is 1.41. The summed E-state index contributed by atoms with van der Waals surface area (Å²) in [7, 11) is -2.10. The van der Waals surface area contributed by atoms with Crippen LogP contribution in [0.4, 0.5) is 0 Å². The van der Waals surface area contributed by atoms with Gasteiger partial charge in [0.05, 0.1) is 6.54 Å². The third-order valence-electron chi connectivity index (χ3n) is 2.43. The van der Waals surface area contributed by atoms with Crippen molar-refractivity contribution in [2.45, 2.75) is 37.8 Å².